The Kier molecular flexibility index (Phi) is 8.97. The quantitative estimate of drug-likeness (QED) is 0.267. The average Bonchev–Trinajstić information content (AvgIpc) is 1.35. The SMILES string of the molecule is O=C(O)COO.[MgH2]. The van der Waals surface area contributed by atoms with Crippen molar-refractivity contribution in [3.05, 3.63) is 0 Å². The predicted molar refractivity (Wildman–Crippen MR) is 24.8 cm³/mol. The van der Waals surface area contributed by atoms with Crippen molar-refractivity contribution in [3.8, 4) is 0 Å². The Hall–Kier alpha value is 0.156. The highest BCUT2D eigenvalue weighted by Gasteiger charge is 1.89. The van der Waals surface area contributed by atoms with Crippen LogP contribution in [-0.4, -0.2) is 46.0 Å². The molecule has 2 N–H and O–H groups in total. The van der Waals surface area contributed by atoms with Gasteiger partial charge in [-0.15, -0.1) is 0 Å². The molecule has 40 valence electrons. The summed E-state index contributed by atoms with van der Waals surface area (Å²) < 4.78 is 0. The van der Waals surface area contributed by atoms with Gasteiger partial charge >= 0.3 is 29.0 Å². The molecule has 7 heavy (non-hydrogen) atoms. The fourth-order valence-electron chi connectivity index (χ4n) is 0.0552. The lowest BCUT2D eigenvalue weighted by Gasteiger charge is -1.81. The molecule has 0 aliphatic carbocycles. The first-order chi connectivity index (χ1) is 2.77. The van der Waals surface area contributed by atoms with Gasteiger partial charge in [-0.1, -0.05) is 0 Å². The van der Waals surface area contributed by atoms with Gasteiger partial charge in [-0.05, 0) is 0 Å². The minimum Gasteiger partial charge on any atom is -0.479 e. The number of carboxylic acid groups (broad SMARTS) is 1. The van der Waals surface area contributed by atoms with Gasteiger partial charge in [0.1, 0.15) is 0 Å². The summed E-state index contributed by atoms with van der Waals surface area (Å²) in [6.45, 7) is -0.653. The molecular weight excluding hydrogens is 112 g/mol. The van der Waals surface area contributed by atoms with Crippen LogP contribution in [0.4, 0.5) is 0 Å². The standard InChI is InChI=1S/C2H4O4.Mg.2H/c3-2(4)1-6-5;;;/h5H,1H2,(H,3,4);;;. The maximum absolute atomic E-state index is 9.31. The van der Waals surface area contributed by atoms with Gasteiger partial charge in [0.05, 0.1) is 0 Å². The van der Waals surface area contributed by atoms with Gasteiger partial charge in [-0.2, -0.15) is 0 Å². The van der Waals surface area contributed by atoms with Crippen molar-refractivity contribution in [1.29, 1.82) is 0 Å². The van der Waals surface area contributed by atoms with E-state index in [1.54, 1.807) is 0 Å². The summed E-state index contributed by atoms with van der Waals surface area (Å²) in [6.07, 6.45) is 0. The van der Waals surface area contributed by atoms with Crippen LogP contribution >= 0.6 is 0 Å². The molecule has 5 heteroatoms. The smallest absolute Gasteiger partial charge is 0.333 e. The van der Waals surface area contributed by atoms with Crippen LogP contribution in [0.1, 0.15) is 0 Å². The summed E-state index contributed by atoms with van der Waals surface area (Å²) in [5.74, 6) is -1.18. The van der Waals surface area contributed by atoms with Gasteiger partial charge in [0.2, 0.25) is 0 Å². The largest absolute Gasteiger partial charge is 0.479 e. The Bertz CT molecular complexity index is 53.7. The first-order valence-corrected chi connectivity index (χ1v) is 1.25. The summed E-state index contributed by atoms with van der Waals surface area (Å²) in [5, 5.41) is 15.0. The van der Waals surface area contributed by atoms with Gasteiger partial charge in [-0.25, -0.2) is 9.68 Å². The second-order valence-electron chi connectivity index (χ2n) is 0.667. The van der Waals surface area contributed by atoms with Crippen LogP contribution in [-0.2, 0) is 9.68 Å². The van der Waals surface area contributed by atoms with E-state index in [0.29, 0.717) is 0 Å². The van der Waals surface area contributed by atoms with Crippen molar-refractivity contribution in [3.63, 3.8) is 0 Å². The topological polar surface area (TPSA) is 66.8 Å². The Morgan fingerprint density at radius 1 is 1.71 bits per heavy atom. The van der Waals surface area contributed by atoms with E-state index in [4.69, 9.17) is 10.4 Å². The molecule has 0 aromatic carbocycles. The number of rotatable bonds is 2. The Morgan fingerprint density at radius 3 is 2.14 bits per heavy atom. The second kappa shape index (κ2) is 6.16. The molecule has 0 atom stereocenters. The maximum atomic E-state index is 9.31. The Balaban J connectivity index is 0. The molecule has 0 aromatic rings. The third-order valence-corrected chi connectivity index (χ3v) is 0.188. The zero-order valence-corrected chi connectivity index (χ0v) is 2.92. The molecule has 0 saturated heterocycles. The molecule has 0 aromatic heterocycles. The van der Waals surface area contributed by atoms with E-state index in [1.165, 1.54) is 0 Å². The van der Waals surface area contributed by atoms with E-state index in [9.17, 15) is 4.79 Å². The normalized spacial score (nSPS) is 7.00. The van der Waals surface area contributed by atoms with E-state index in [0.717, 1.165) is 0 Å². The van der Waals surface area contributed by atoms with E-state index >= 15 is 0 Å². The number of hydrogen-bond acceptors (Lipinski definition) is 3. The van der Waals surface area contributed by atoms with Crippen LogP contribution in [0, 0.1) is 0 Å². The minimum absolute atomic E-state index is 0. The lowest BCUT2D eigenvalue weighted by molar-refractivity contribution is -0.243. The fourth-order valence-corrected chi connectivity index (χ4v) is 0.0552. The van der Waals surface area contributed by atoms with Crippen molar-refractivity contribution in [2.75, 3.05) is 6.61 Å². The van der Waals surface area contributed by atoms with Crippen molar-refractivity contribution in [2.24, 2.45) is 0 Å². The number of carboxylic acids is 1. The van der Waals surface area contributed by atoms with Crippen molar-refractivity contribution in [2.45, 2.75) is 0 Å². The van der Waals surface area contributed by atoms with Gasteiger partial charge in [0.25, 0.3) is 0 Å². The minimum atomic E-state index is -1.18. The number of carbonyl (C=O) groups is 1. The second-order valence-corrected chi connectivity index (χ2v) is 0.667. The van der Waals surface area contributed by atoms with Crippen LogP contribution in [0.3, 0.4) is 0 Å². The zero-order valence-electron chi connectivity index (χ0n) is 2.92. The molecule has 0 aliphatic heterocycles. The van der Waals surface area contributed by atoms with Crippen LogP contribution < -0.4 is 0 Å². The molecule has 0 rings (SSSR count). The highest BCUT2D eigenvalue weighted by Crippen LogP contribution is 1.61. The van der Waals surface area contributed by atoms with Crippen LogP contribution in [0.5, 0.6) is 0 Å². The Morgan fingerprint density at radius 2 is 2.14 bits per heavy atom. The lowest BCUT2D eigenvalue weighted by atomic mass is 10.8. The third kappa shape index (κ3) is 10.7. The molecule has 0 aliphatic rings. The first-order valence-electron chi connectivity index (χ1n) is 1.25. The van der Waals surface area contributed by atoms with Crippen LogP contribution in [0.2, 0.25) is 0 Å². The first kappa shape index (κ1) is 10.2. The third-order valence-electron chi connectivity index (χ3n) is 0.188. The monoisotopic (exact) mass is 118 g/mol. The molecule has 0 heterocycles. The molecule has 4 nitrogen and oxygen atoms in total. The number of aliphatic carboxylic acids is 1. The van der Waals surface area contributed by atoms with E-state index in [1.807, 2.05) is 0 Å². The zero-order chi connectivity index (χ0) is 4.99. The Labute approximate surface area is 56.2 Å². The molecule has 0 bridgehead atoms. The van der Waals surface area contributed by atoms with Crippen molar-refractivity contribution < 1.29 is 20.0 Å². The molecule has 0 saturated carbocycles. The van der Waals surface area contributed by atoms with Crippen LogP contribution in [0.25, 0.3) is 0 Å². The molecule has 0 unspecified atom stereocenters. The molecule has 0 fully saturated rings. The fraction of sp³-hybridized carbons (Fsp3) is 0.500. The summed E-state index contributed by atoms with van der Waals surface area (Å²) in [6, 6.07) is 0. The van der Waals surface area contributed by atoms with Gasteiger partial charge in [0.15, 0.2) is 6.61 Å². The number of hydrogen-bond donors (Lipinski definition) is 2. The summed E-state index contributed by atoms with van der Waals surface area (Å²) >= 11 is 0. The summed E-state index contributed by atoms with van der Waals surface area (Å²) in [4.78, 5) is 12.5. The van der Waals surface area contributed by atoms with Gasteiger partial charge < -0.3 is 5.11 Å². The van der Waals surface area contributed by atoms with E-state index < -0.39 is 12.6 Å². The van der Waals surface area contributed by atoms with Crippen molar-refractivity contribution >= 4 is 29.0 Å². The van der Waals surface area contributed by atoms with Gasteiger partial charge in [0, 0.05) is 0 Å². The van der Waals surface area contributed by atoms with E-state index in [-0.39, 0.29) is 23.1 Å². The molecule has 0 amide bonds. The maximum Gasteiger partial charge on any atom is 0.333 e. The average molecular weight is 118 g/mol. The molecular formula is C2H6MgO4. The highest BCUT2D eigenvalue weighted by molar-refractivity contribution is 5.75. The molecule has 0 spiro atoms. The lowest BCUT2D eigenvalue weighted by Crippen LogP contribution is -2.03. The highest BCUT2D eigenvalue weighted by atomic mass is 24.3. The van der Waals surface area contributed by atoms with Crippen molar-refractivity contribution in [1.82, 2.24) is 0 Å². The summed E-state index contributed by atoms with van der Waals surface area (Å²) in [7, 11) is 0. The van der Waals surface area contributed by atoms with Gasteiger partial charge in [-0.3, -0.25) is 5.26 Å². The molecule has 0 radical (unpaired) electrons. The van der Waals surface area contributed by atoms with E-state index in [2.05, 4.69) is 4.89 Å². The predicted octanol–water partition coefficient (Wildman–Crippen LogP) is -1.36. The summed E-state index contributed by atoms with van der Waals surface area (Å²) in [5.41, 5.74) is 0. The van der Waals surface area contributed by atoms with Crippen LogP contribution in [0.15, 0.2) is 0 Å².